The van der Waals surface area contributed by atoms with Crippen LogP contribution in [0.1, 0.15) is 25.7 Å². The van der Waals surface area contributed by atoms with Crippen LogP contribution in [0.25, 0.3) is 0 Å². The molecule has 2 rings (SSSR count). The largest absolute Gasteiger partial charge is 0.497 e. The number of nitrogens with two attached hydrogens (primary N) is 1. The van der Waals surface area contributed by atoms with Crippen molar-refractivity contribution < 1.29 is 13.2 Å². The molecule has 1 aromatic rings. The highest BCUT2D eigenvalue weighted by atomic mass is 32.2. The second-order valence-electron chi connectivity index (χ2n) is 5.04. The van der Waals surface area contributed by atoms with Crippen LogP contribution in [0.15, 0.2) is 29.2 Å². The molecule has 1 aliphatic rings. The van der Waals surface area contributed by atoms with Gasteiger partial charge in [0.05, 0.1) is 17.3 Å². The fourth-order valence-electron chi connectivity index (χ4n) is 2.80. The first kappa shape index (κ1) is 14.3. The van der Waals surface area contributed by atoms with E-state index in [0.717, 1.165) is 19.3 Å². The van der Waals surface area contributed by atoms with Gasteiger partial charge in [0.2, 0.25) is 0 Å². The summed E-state index contributed by atoms with van der Waals surface area (Å²) in [7, 11) is -1.78. The van der Waals surface area contributed by atoms with Crippen molar-refractivity contribution in [2.75, 3.05) is 13.7 Å². The third kappa shape index (κ3) is 2.92. The van der Waals surface area contributed by atoms with Crippen LogP contribution in [0.2, 0.25) is 0 Å². The predicted molar refractivity (Wildman–Crippen MR) is 75.0 cm³/mol. The molecule has 0 aromatic heterocycles. The molecule has 2 atom stereocenters. The van der Waals surface area contributed by atoms with Gasteiger partial charge in [-0.3, -0.25) is 0 Å². The fraction of sp³-hybridized carbons (Fsp3) is 0.571. The molecule has 0 bridgehead atoms. The van der Waals surface area contributed by atoms with Crippen LogP contribution in [0, 0.1) is 5.92 Å². The maximum atomic E-state index is 12.7. The van der Waals surface area contributed by atoms with Crippen LogP contribution in [0.4, 0.5) is 0 Å². The third-order valence-electron chi connectivity index (χ3n) is 3.91. The van der Waals surface area contributed by atoms with Gasteiger partial charge in [0.1, 0.15) is 5.75 Å². The lowest BCUT2D eigenvalue weighted by molar-refractivity contribution is 0.363. The molecule has 5 heteroatoms. The van der Waals surface area contributed by atoms with E-state index in [-0.39, 0.29) is 11.2 Å². The Kier molecular flexibility index (Phi) is 4.47. The van der Waals surface area contributed by atoms with E-state index >= 15 is 0 Å². The van der Waals surface area contributed by atoms with Crippen LogP contribution in [-0.2, 0) is 9.84 Å². The maximum absolute atomic E-state index is 12.7. The van der Waals surface area contributed by atoms with Crippen molar-refractivity contribution in [2.45, 2.75) is 35.8 Å². The van der Waals surface area contributed by atoms with Crippen molar-refractivity contribution in [2.24, 2.45) is 11.7 Å². The molecule has 0 radical (unpaired) electrons. The van der Waals surface area contributed by atoms with Gasteiger partial charge in [-0.15, -0.1) is 0 Å². The van der Waals surface area contributed by atoms with Crippen molar-refractivity contribution in [3.63, 3.8) is 0 Å². The van der Waals surface area contributed by atoms with Crippen molar-refractivity contribution in [3.05, 3.63) is 24.3 Å². The van der Waals surface area contributed by atoms with E-state index in [2.05, 4.69) is 0 Å². The highest BCUT2D eigenvalue weighted by Crippen LogP contribution is 2.33. The molecule has 1 fully saturated rings. The van der Waals surface area contributed by atoms with Crippen LogP contribution >= 0.6 is 0 Å². The topological polar surface area (TPSA) is 69.4 Å². The molecule has 2 unspecified atom stereocenters. The average Bonchev–Trinajstić information content (AvgIpc) is 2.47. The summed E-state index contributed by atoms with van der Waals surface area (Å²) in [5.41, 5.74) is 5.74. The molecule has 0 saturated heterocycles. The molecule has 1 aliphatic carbocycles. The number of hydrogen-bond donors (Lipinski definition) is 1. The highest BCUT2D eigenvalue weighted by molar-refractivity contribution is 7.92. The lowest BCUT2D eigenvalue weighted by Crippen LogP contribution is -2.37. The summed E-state index contributed by atoms with van der Waals surface area (Å²) in [6.45, 7) is 0.438. The standard InChI is InChI=1S/C14H21NO3S/c1-18-12-6-4-7-13(9-12)19(16,17)14-8-3-2-5-11(14)10-15/h4,6-7,9,11,14H,2-3,5,8,10,15H2,1H3. The van der Waals surface area contributed by atoms with Gasteiger partial charge in [0.25, 0.3) is 0 Å². The Morgan fingerprint density at radius 2 is 2.05 bits per heavy atom. The molecular weight excluding hydrogens is 262 g/mol. The van der Waals surface area contributed by atoms with Gasteiger partial charge in [-0.05, 0) is 43.5 Å². The van der Waals surface area contributed by atoms with Crippen molar-refractivity contribution >= 4 is 9.84 Å². The summed E-state index contributed by atoms with van der Waals surface area (Å²) in [5.74, 6) is 0.645. The highest BCUT2D eigenvalue weighted by Gasteiger charge is 2.35. The van der Waals surface area contributed by atoms with E-state index in [1.54, 1.807) is 24.3 Å². The lowest BCUT2D eigenvalue weighted by Gasteiger charge is -2.30. The Hall–Kier alpha value is -1.07. The number of rotatable bonds is 4. The first-order valence-electron chi connectivity index (χ1n) is 6.67. The second-order valence-corrected chi connectivity index (χ2v) is 7.21. The monoisotopic (exact) mass is 283 g/mol. The number of hydrogen-bond acceptors (Lipinski definition) is 4. The third-order valence-corrected chi connectivity index (χ3v) is 6.24. The van der Waals surface area contributed by atoms with Crippen molar-refractivity contribution in [1.82, 2.24) is 0 Å². The molecule has 4 nitrogen and oxygen atoms in total. The fourth-order valence-corrected chi connectivity index (χ4v) is 4.93. The van der Waals surface area contributed by atoms with E-state index < -0.39 is 9.84 Å². The molecule has 106 valence electrons. The number of methoxy groups -OCH3 is 1. The molecule has 0 heterocycles. The van der Waals surface area contributed by atoms with E-state index in [4.69, 9.17) is 10.5 Å². The number of sulfone groups is 1. The normalized spacial score (nSPS) is 24.1. The Labute approximate surface area is 114 Å². The van der Waals surface area contributed by atoms with Crippen LogP contribution in [0.3, 0.4) is 0 Å². The van der Waals surface area contributed by atoms with E-state index in [0.29, 0.717) is 23.6 Å². The summed E-state index contributed by atoms with van der Waals surface area (Å²) in [6.07, 6.45) is 3.65. The van der Waals surface area contributed by atoms with Gasteiger partial charge in [0, 0.05) is 0 Å². The molecule has 19 heavy (non-hydrogen) atoms. The Bertz CT molecular complexity index is 527. The number of benzene rings is 1. The molecule has 1 saturated carbocycles. The minimum absolute atomic E-state index is 0.0740. The first-order chi connectivity index (χ1) is 9.09. The Morgan fingerprint density at radius 1 is 1.32 bits per heavy atom. The van der Waals surface area contributed by atoms with Crippen LogP contribution < -0.4 is 10.5 Å². The van der Waals surface area contributed by atoms with Crippen LogP contribution in [0.5, 0.6) is 5.75 Å². The summed E-state index contributed by atoms with van der Waals surface area (Å²) >= 11 is 0. The van der Waals surface area contributed by atoms with Gasteiger partial charge < -0.3 is 10.5 Å². The summed E-state index contributed by atoms with van der Waals surface area (Å²) < 4.78 is 30.5. The zero-order valence-corrected chi connectivity index (χ0v) is 12.0. The number of ether oxygens (including phenoxy) is 1. The lowest BCUT2D eigenvalue weighted by atomic mass is 9.89. The SMILES string of the molecule is COc1cccc(S(=O)(=O)C2CCCCC2CN)c1. The van der Waals surface area contributed by atoms with Gasteiger partial charge >= 0.3 is 0 Å². The van der Waals surface area contributed by atoms with Gasteiger partial charge in [-0.2, -0.15) is 0 Å². The average molecular weight is 283 g/mol. The second kappa shape index (κ2) is 5.92. The Morgan fingerprint density at radius 3 is 2.74 bits per heavy atom. The molecule has 0 aliphatic heterocycles. The maximum Gasteiger partial charge on any atom is 0.181 e. The van der Waals surface area contributed by atoms with E-state index in [1.165, 1.54) is 7.11 Å². The summed E-state index contributed by atoms with van der Waals surface area (Å²) in [5, 5.41) is -0.349. The van der Waals surface area contributed by atoms with E-state index in [1.807, 2.05) is 0 Å². The van der Waals surface area contributed by atoms with Crippen molar-refractivity contribution in [3.8, 4) is 5.75 Å². The van der Waals surface area contributed by atoms with Crippen LogP contribution in [-0.4, -0.2) is 27.3 Å². The molecule has 0 amide bonds. The molecule has 0 spiro atoms. The minimum Gasteiger partial charge on any atom is -0.497 e. The predicted octanol–water partition coefficient (Wildman–Crippen LogP) is 1.99. The van der Waals surface area contributed by atoms with Crippen molar-refractivity contribution in [1.29, 1.82) is 0 Å². The molecule has 1 aromatic carbocycles. The summed E-state index contributed by atoms with van der Waals surface area (Å²) in [6, 6.07) is 6.70. The Balaban J connectivity index is 2.34. The zero-order valence-electron chi connectivity index (χ0n) is 11.2. The first-order valence-corrected chi connectivity index (χ1v) is 8.22. The van der Waals surface area contributed by atoms with E-state index in [9.17, 15) is 8.42 Å². The smallest absolute Gasteiger partial charge is 0.181 e. The molecule has 2 N–H and O–H groups in total. The van der Waals surface area contributed by atoms with Gasteiger partial charge in [0.15, 0.2) is 9.84 Å². The van der Waals surface area contributed by atoms with Gasteiger partial charge in [-0.25, -0.2) is 8.42 Å². The zero-order chi connectivity index (χ0) is 13.9. The quantitative estimate of drug-likeness (QED) is 0.917. The summed E-state index contributed by atoms with van der Waals surface area (Å²) in [4.78, 5) is 0.345. The minimum atomic E-state index is -3.32. The van der Waals surface area contributed by atoms with Gasteiger partial charge in [-0.1, -0.05) is 18.9 Å². The molecular formula is C14H21NO3S.